The highest BCUT2D eigenvalue weighted by Crippen LogP contribution is 2.37. The smallest absolute Gasteiger partial charge is 0.274 e. The summed E-state index contributed by atoms with van der Waals surface area (Å²) in [6.07, 6.45) is 0. The van der Waals surface area contributed by atoms with Gasteiger partial charge in [-0.2, -0.15) is 0 Å². The van der Waals surface area contributed by atoms with Crippen LogP contribution in [0.5, 0.6) is 11.5 Å². The van der Waals surface area contributed by atoms with Crippen LogP contribution in [0.15, 0.2) is 42.5 Å². The number of aliphatic hydroxyl groups is 1. The highest BCUT2D eigenvalue weighted by molar-refractivity contribution is 5.42. The van der Waals surface area contributed by atoms with Crippen LogP contribution in [-0.2, 0) is 12.5 Å². The van der Waals surface area contributed by atoms with Crippen LogP contribution in [0.25, 0.3) is 0 Å². The fourth-order valence-corrected chi connectivity index (χ4v) is 1.74. The zero-order valence-corrected chi connectivity index (χ0v) is 10.7. The maximum atomic E-state index is 13.6. The summed E-state index contributed by atoms with van der Waals surface area (Å²) >= 11 is 0. The molecular weight excluding hydrogens is 269 g/mol. The van der Waals surface area contributed by atoms with E-state index in [4.69, 9.17) is 9.84 Å². The Morgan fingerprint density at radius 3 is 2.30 bits per heavy atom. The molecule has 0 aliphatic heterocycles. The van der Waals surface area contributed by atoms with Crippen molar-refractivity contribution in [3.63, 3.8) is 0 Å². The molecule has 20 heavy (non-hydrogen) atoms. The van der Waals surface area contributed by atoms with E-state index in [1.54, 1.807) is 0 Å². The Morgan fingerprint density at radius 1 is 1.10 bits per heavy atom. The van der Waals surface area contributed by atoms with Gasteiger partial charge in [0.25, 0.3) is 5.92 Å². The van der Waals surface area contributed by atoms with Crippen molar-refractivity contribution in [2.45, 2.75) is 19.5 Å². The second kappa shape index (κ2) is 5.54. The quantitative estimate of drug-likeness (QED) is 0.909. The summed E-state index contributed by atoms with van der Waals surface area (Å²) in [5.74, 6) is -3.32. The Morgan fingerprint density at radius 2 is 1.75 bits per heavy atom. The standard InChI is InChI=1S/C15H13F3O2/c1-15(17,18)13-8-10(9-19)2-7-14(13)20-12-5-3-11(16)4-6-12/h2-8,19H,9H2,1H3. The van der Waals surface area contributed by atoms with E-state index in [0.717, 1.165) is 6.92 Å². The molecule has 0 aromatic heterocycles. The van der Waals surface area contributed by atoms with Crippen LogP contribution in [0, 0.1) is 5.82 Å². The number of alkyl halides is 2. The maximum absolute atomic E-state index is 13.6. The molecule has 106 valence electrons. The van der Waals surface area contributed by atoms with Crippen LogP contribution in [0.3, 0.4) is 0 Å². The van der Waals surface area contributed by atoms with Gasteiger partial charge in [-0.15, -0.1) is 0 Å². The maximum Gasteiger partial charge on any atom is 0.274 e. The van der Waals surface area contributed by atoms with E-state index >= 15 is 0 Å². The van der Waals surface area contributed by atoms with Gasteiger partial charge in [0.1, 0.15) is 17.3 Å². The summed E-state index contributed by atoms with van der Waals surface area (Å²) in [6.45, 7) is 0.418. The molecule has 2 aromatic rings. The van der Waals surface area contributed by atoms with Gasteiger partial charge < -0.3 is 9.84 Å². The first-order valence-corrected chi connectivity index (χ1v) is 5.95. The molecule has 0 aliphatic rings. The summed E-state index contributed by atoms with van der Waals surface area (Å²) < 4.78 is 45.3. The van der Waals surface area contributed by atoms with Gasteiger partial charge in [-0.3, -0.25) is 0 Å². The van der Waals surface area contributed by atoms with Gasteiger partial charge in [0.15, 0.2) is 0 Å². The van der Waals surface area contributed by atoms with Crippen LogP contribution in [-0.4, -0.2) is 5.11 Å². The Hall–Kier alpha value is -2.01. The van der Waals surface area contributed by atoms with Gasteiger partial charge in [0.2, 0.25) is 0 Å². The number of rotatable bonds is 4. The van der Waals surface area contributed by atoms with Crippen molar-refractivity contribution in [2.24, 2.45) is 0 Å². The van der Waals surface area contributed by atoms with E-state index in [2.05, 4.69) is 0 Å². The SMILES string of the molecule is CC(F)(F)c1cc(CO)ccc1Oc1ccc(F)cc1. The van der Waals surface area contributed by atoms with Crippen molar-refractivity contribution in [1.82, 2.24) is 0 Å². The fourth-order valence-electron chi connectivity index (χ4n) is 1.74. The lowest BCUT2D eigenvalue weighted by atomic mass is 10.1. The molecule has 0 unspecified atom stereocenters. The zero-order chi connectivity index (χ0) is 14.8. The Labute approximate surface area is 114 Å². The second-order valence-electron chi connectivity index (χ2n) is 4.43. The highest BCUT2D eigenvalue weighted by Gasteiger charge is 2.29. The monoisotopic (exact) mass is 282 g/mol. The summed E-state index contributed by atoms with van der Waals surface area (Å²) in [4.78, 5) is 0. The molecule has 0 amide bonds. The number of hydrogen-bond acceptors (Lipinski definition) is 2. The van der Waals surface area contributed by atoms with Crippen LogP contribution in [0.1, 0.15) is 18.1 Å². The molecule has 2 nitrogen and oxygen atoms in total. The second-order valence-corrected chi connectivity index (χ2v) is 4.43. The van der Waals surface area contributed by atoms with Crippen molar-refractivity contribution in [3.8, 4) is 11.5 Å². The van der Waals surface area contributed by atoms with Gasteiger partial charge in [-0.25, -0.2) is 13.2 Å². The van der Waals surface area contributed by atoms with E-state index in [-0.39, 0.29) is 23.7 Å². The Balaban J connectivity index is 2.38. The van der Waals surface area contributed by atoms with Crippen LogP contribution >= 0.6 is 0 Å². The molecule has 0 radical (unpaired) electrons. The largest absolute Gasteiger partial charge is 0.457 e. The minimum Gasteiger partial charge on any atom is -0.457 e. The molecule has 0 saturated heterocycles. The number of halogens is 3. The molecular formula is C15H13F3O2. The third-order valence-electron chi connectivity index (χ3n) is 2.74. The molecule has 0 spiro atoms. The summed E-state index contributed by atoms with van der Waals surface area (Å²) in [5, 5.41) is 9.01. The average molecular weight is 282 g/mol. The van der Waals surface area contributed by atoms with Crippen molar-refractivity contribution >= 4 is 0 Å². The van der Waals surface area contributed by atoms with Crippen molar-refractivity contribution in [2.75, 3.05) is 0 Å². The fraction of sp³-hybridized carbons (Fsp3) is 0.200. The Kier molecular flexibility index (Phi) is 3.99. The van der Waals surface area contributed by atoms with E-state index in [0.29, 0.717) is 5.56 Å². The van der Waals surface area contributed by atoms with Gasteiger partial charge in [0.05, 0.1) is 12.2 Å². The third-order valence-corrected chi connectivity index (χ3v) is 2.74. The molecule has 0 saturated carbocycles. The van der Waals surface area contributed by atoms with E-state index in [1.807, 2.05) is 0 Å². The molecule has 2 aromatic carbocycles. The van der Waals surface area contributed by atoms with Gasteiger partial charge in [-0.1, -0.05) is 6.07 Å². The van der Waals surface area contributed by atoms with E-state index in [1.165, 1.54) is 42.5 Å². The summed E-state index contributed by atoms with van der Waals surface area (Å²) in [7, 11) is 0. The van der Waals surface area contributed by atoms with Gasteiger partial charge in [-0.05, 0) is 42.0 Å². The molecule has 2 rings (SSSR count). The molecule has 5 heteroatoms. The lowest BCUT2D eigenvalue weighted by molar-refractivity contribution is 0.0154. The number of aliphatic hydroxyl groups excluding tert-OH is 1. The molecule has 1 N–H and O–H groups in total. The summed E-state index contributed by atoms with van der Waals surface area (Å²) in [6, 6.07) is 9.12. The predicted molar refractivity (Wildman–Crippen MR) is 68.4 cm³/mol. The molecule has 0 fully saturated rings. The normalized spacial score (nSPS) is 11.4. The lowest BCUT2D eigenvalue weighted by Gasteiger charge is -2.17. The van der Waals surface area contributed by atoms with Gasteiger partial charge in [0, 0.05) is 6.92 Å². The third kappa shape index (κ3) is 3.30. The first kappa shape index (κ1) is 14.4. The molecule has 0 bridgehead atoms. The number of benzene rings is 2. The van der Waals surface area contributed by atoms with Crippen LogP contribution in [0.4, 0.5) is 13.2 Å². The molecule has 0 heterocycles. The minimum absolute atomic E-state index is 0.0266. The average Bonchev–Trinajstić information content (AvgIpc) is 2.40. The zero-order valence-electron chi connectivity index (χ0n) is 10.7. The Bertz CT molecular complexity index is 589. The van der Waals surface area contributed by atoms with Gasteiger partial charge >= 0.3 is 0 Å². The van der Waals surface area contributed by atoms with Crippen LogP contribution in [0.2, 0.25) is 0 Å². The highest BCUT2D eigenvalue weighted by atomic mass is 19.3. The lowest BCUT2D eigenvalue weighted by Crippen LogP contribution is -2.09. The van der Waals surface area contributed by atoms with Crippen LogP contribution < -0.4 is 4.74 Å². The van der Waals surface area contributed by atoms with E-state index in [9.17, 15) is 13.2 Å². The first-order valence-electron chi connectivity index (χ1n) is 5.95. The molecule has 0 aliphatic carbocycles. The first-order chi connectivity index (χ1) is 9.40. The number of hydrogen-bond donors (Lipinski definition) is 1. The summed E-state index contributed by atoms with van der Waals surface area (Å²) in [5.41, 5.74) is 0.0429. The van der Waals surface area contributed by atoms with Crippen molar-refractivity contribution in [3.05, 3.63) is 59.4 Å². The van der Waals surface area contributed by atoms with Crippen molar-refractivity contribution in [1.29, 1.82) is 0 Å². The predicted octanol–water partition coefficient (Wildman–Crippen LogP) is 4.22. The molecule has 0 atom stereocenters. The number of ether oxygens (including phenoxy) is 1. The van der Waals surface area contributed by atoms with E-state index < -0.39 is 11.7 Å². The topological polar surface area (TPSA) is 29.5 Å². The van der Waals surface area contributed by atoms with Crippen molar-refractivity contribution < 1.29 is 23.0 Å². The minimum atomic E-state index is -3.11.